The number of hydrogen-bond acceptors (Lipinski definition) is 2. The van der Waals surface area contributed by atoms with E-state index in [9.17, 15) is 4.79 Å². The van der Waals surface area contributed by atoms with E-state index in [0.29, 0.717) is 6.42 Å². The number of carbonyl (C=O) groups is 1. The van der Waals surface area contributed by atoms with Gasteiger partial charge in [-0.3, -0.25) is 4.79 Å². The first-order chi connectivity index (χ1) is 5.31. The maximum atomic E-state index is 10.7. The fourth-order valence-electron chi connectivity index (χ4n) is 0.889. The van der Waals surface area contributed by atoms with Crippen LogP contribution in [0.2, 0.25) is 0 Å². The van der Waals surface area contributed by atoms with Gasteiger partial charge in [0.2, 0.25) is 5.91 Å². The minimum Gasteiger partial charge on any atom is -0.359 e. The number of nitrogens with one attached hydrogen (secondary N) is 2. The molecule has 0 atom stereocenters. The molecule has 0 aromatic heterocycles. The van der Waals surface area contributed by atoms with E-state index < -0.39 is 0 Å². The van der Waals surface area contributed by atoms with Crippen molar-refractivity contribution in [3.8, 4) is 0 Å². The SMILES string of the molecule is CNCCCCCC(=O)NC. The highest BCUT2D eigenvalue weighted by Gasteiger charge is 1.95. The summed E-state index contributed by atoms with van der Waals surface area (Å²) in [6.07, 6.45) is 3.96. The normalized spacial score (nSPS) is 9.64. The van der Waals surface area contributed by atoms with Gasteiger partial charge in [0.05, 0.1) is 0 Å². The lowest BCUT2D eigenvalue weighted by atomic mass is 10.2. The van der Waals surface area contributed by atoms with Gasteiger partial charge < -0.3 is 10.6 Å². The Morgan fingerprint density at radius 2 is 1.91 bits per heavy atom. The smallest absolute Gasteiger partial charge is 0.219 e. The lowest BCUT2D eigenvalue weighted by Gasteiger charge is -1.99. The molecule has 0 aromatic carbocycles. The third-order valence-corrected chi connectivity index (χ3v) is 1.61. The Hall–Kier alpha value is -0.570. The summed E-state index contributed by atoms with van der Waals surface area (Å²) < 4.78 is 0. The fourth-order valence-corrected chi connectivity index (χ4v) is 0.889. The molecule has 0 aliphatic rings. The molecule has 0 saturated heterocycles. The first kappa shape index (κ1) is 10.4. The zero-order valence-corrected chi connectivity index (χ0v) is 7.44. The summed E-state index contributed by atoms with van der Waals surface area (Å²) >= 11 is 0. The van der Waals surface area contributed by atoms with Gasteiger partial charge in [-0.1, -0.05) is 6.42 Å². The van der Waals surface area contributed by atoms with Crippen LogP contribution in [0.3, 0.4) is 0 Å². The Kier molecular flexibility index (Phi) is 7.15. The van der Waals surface area contributed by atoms with Gasteiger partial charge in [0, 0.05) is 13.5 Å². The van der Waals surface area contributed by atoms with E-state index >= 15 is 0 Å². The van der Waals surface area contributed by atoms with Crippen molar-refractivity contribution in [2.75, 3.05) is 20.6 Å². The first-order valence-corrected chi connectivity index (χ1v) is 4.16. The topological polar surface area (TPSA) is 41.1 Å². The Bertz CT molecular complexity index is 104. The summed E-state index contributed by atoms with van der Waals surface area (Å²) in [4.78, 5) is 10.7. The Balaban J connectivity index is 2.95. The lowest BCUT2D eigenvalue weighted by Crippen LogP contribution is -2.17. The van der Waals surface area contributed by atoms with Crippen LogP contribution in [0.1, 0.15) is 25.7 Å². The summed E-state index contributed by atoms with van der Waals surface area (Å²) in [5.41, 5.74) is 0. The molecule has 66 valence electrons. The van der Waals surface area contributed by atoms with Gasteiger partial charge >= 0.3 is 0 Å². The molecule has 0 aromatic rings. The molecule has 0 unspecified atom stereocenters. The van der Waals surface area contributed by atoms with E-state index in [0.717, 1.165) is 25.8 Å². The fraction of sp³-hybridized carbons (Fsp3) is 0.875. The van der Waals surface area contributed by atoms with Crippen molar-refractivity contribution < 1.29 is 4.79 Å². The maximum absolute atomic E-state index is 10.7. The Labute approximate surface area is 68.6 Å². The van der Waals surface area contributed by atoms with E-state index in [4.69, 9.17) is 0 Å². The van der Waals surface area contributed by atoms with Crippen molar-refractivity contribution in [1.82, 2.24) is 10.6 Å². The van der Waals surface area contributed by atoms with Crippen molar-refractivity contribution in [2.45, 2.75) is 25.7 Å². The lowest BCUT2D eigenvalue weighted by molar-refractivity contribution is -0.120. The standard InChI is InChI=1S/C8H18N2O/c1-9-7-5-3-4-6-8(11)10-2/h9H,3-7H2,1-2H3,(H,10,11). The third kappa shape index (κ3) is 7.33. The minimum absolute atomic E-state index is 0.148. The van der Waals surface area contributed by atoms with Gasteiger partial charge in [-0.2, -0.15) is 0 Å². The minimum atomic E-state index is 0.148. The second kappa shape index (κ2) is 7.54. The quantitative estimate of drug-likeness (QED) is 0.553. The van der Waals surface area contributed by atoms with Crippen LogP contribution in [-0.4, -0.2) is 26.5 Å². The molecule has 0 rings (SSSR count). The van der Waals surface area contributed by atoms with Gasteiger partial charge in [-0.25, -0.2) is 0 Å². The van der Waals surface area contributed by atoms with E-state index in [1.165, 1.54) is 0 Å². The summed E-state index contributed by atoms with van der Waals surface area (Å²) in [5, 5.41) is 5.67. The van der Waals surface area contributed by atoms with Crippen LogP contribution in [0.15, 0.2) is 0 Å². The van der Waals surface area contributed by atoms with Crippen LogP contribution < -0.4 is 10.6 Å². The highest BCUT2D eigenvalue weighted by atomic mass is 16.1. The molecule has 1 amide bonds. The van der Waals surface area contributed by atoms with Crippen molar-refractivity contribution in [1.29, 1.82) is 0 Å². The number of rotatable bonds is 6. The van der Waals surface area contributed by atoms with E-state index in [1.54, 1.807) is 7.05 Å². The molecular weight excluding hydrogens is 140 g/mol. The molecule has 0 bridgehead atoms. The largest absolute Gasteiger partial charge is 0.359 e. The molecule has 2 N–H and O–H groups in total. The molecule has 0 aliphatic heterocycles. The number of hydrogen-bond donors (Lipinski definition) is 2. The monoisotopic (exact) mass is 158 g/mol. The second-order valence-electron chi connectivity index (χ2n) is 2.59. The van der Waals surface area contributed by atoms with Gasteiger partial charge in [0.15, 0.2) is 0 Å². The predicted octanol–water partition coefficient (Wildman–Crippen LogP) is 0.512. The molecule has 0 fully saturated rings. The average Bonchev–Trinajstić information content (AvgIpc) is 2.04. The highest BCUT2D eigenvalue weighted by molar-refractivity contribution is 5.75. The molecular formula is C8H18N2O. The molecule has 0 heterocycles. The van der Waals surface area contributed by atoms with Crippen LogP contribution in [0.4, 0.5) is 0 Å². The summed E-state index contributed by atoms with van der Waals surface area (Å²) in [6.45, 7) is 1.05. The zero-order valence-electron chi connectivity index (χ0n) is 7.44. The third-order valence-electron chi connectivity index (χ3n) is 1.61. The van der Waals surface area contributed by atoms with Gasteiger partial charge in [-0.15, -0.1) is 0 Å². The van der Waals surface area contributed by atoms with Crippen LogP contribution >= 0.6 is 0 Å². The van der Waals surface area contributed by atoms with Gasteiger partial charge in [-0.05, 0) is 26.4 Å². The Morgan fingerprint density at radius 1 is 1.18 bits per heavy atom. The highest BCUT2D eigenvalue weighted by Crippen LogP contribution is 1.97. The molecule has 0 aliphatic carbocycles. The summed E-state index contributed by atoms with van der Waals surface area (Å²) in [7, 11) is 3.62. The van der Waals surface area contributed by atoms with Crippen LogP contribution in [0.5, 0.6) is 0 Å². The summed E-state index contributed by atoms with van der Waals surface area (Å²) in [5.74, 6) is 0.148. The van der Waals surface area contributed by atoms with Crippen molar-refractivity contribution in [3.63, 3.8) is 0 Å². The molecule has 11 heavy (non-hydrogen) atoms. The van der Waals surface area contributed by atoms with Crippen LogP contribution in [-0.2, 0) is 4.79 Å². The number of amides is 1. The number of carbonyl (C=O) groups excluding carboxylic acids is 1. The second-order valence-corrected chi connectivity index (χ2v) is 2.59. The first-order valence-electron chi connectivity index (χ1n) is 4.16. The zero-order chi connectivity index (χ0) is 8.53. The molecule has 0 saturated carbocycles. The van der Waals surface area contributed by atoms with Crippen LogP contribution in [0, 0.1) is 0 Å². The van der Waals surface area contributed by atoms with Crippen molar-refractivity contribution in [2.24, 2.45) is 0 Å². The van der Waals surface area contributed by atoms with E-state index in [1.807, 2.05) is 7.05 Å². The Morgan fingerprint density at radius 3 is 2.45 bits per heavy atom. The maximum Gasteiger partial charge on any atom is 0.219 e. The van der Waals surface area contributed by atoms with Crippen molar-refractivity contribution >= 4 is 5.91 Å². The molecule has 3 heteroatoms. The van der Waals surface area contributed by atoms with E-state index in [2.05, 4.69) is 10.6 Å². The molecule has 0 radical (unpaired) electrons. The van der Waals surface area contributed by atoms with Crippen LogP contribution in [0.25, 0.3) is 0 Å². The number of unbranched alkanes of at least 4 members (excludes halogenated alkanes) is 2. The summed E-state index contributed by atoms with van der Waals surface area (Å²) in [6, 6.07) is 0. The average molecular weight is 158 g/mol. The predicted molar refractivity (Wildman–Crippen MR) is 46.5 cm³/mol. The molecule has 0 spiro atoms. The van der Waals surface area contributed by atoms with Gasteiger partial charge in [0.1, 0.15) is 0 Å². The molecule has 3 nitrogen and oxygen atoms in total. The van der Waals surface area contributed by atoms with E-state index in [-0.39, 0.29) is 5.91 Å². The van der Waals surface area contributed by atoms with Crippen molar-refractivity contribution in [3.05, 3.63) is 0 Å². The van der Waals surface area contributed by atoms with Gasteiger partial charge in [0.25, 0.3) is 0 Å².